The van der Waals surface area contributed by atoms with Gasteiger partial charge in [-0.25, -0.2) is 4.98 Å². The second-order valence-electron chi connectivity index (χ2n) is 6.63. The second-order valence-corrected chi connectivity index (χ2v) is 7.57. The van der Waals surface area contributed by atoms with Crippen LogP contribution in [0.4, 0.5) is 5.69 Å². The Morgan fingerprint density at radius 1 is 1.11 bits per heavy atom. The smallest absolute Gasteiger partial charge is 0.234 e. The first-order valence-electron chi connectivity index (χ1n) is 9.15. The monoisotopic (exact) mass is 396 g/mol. The molecule has 0 aliphatic rings. The molecule has 0 saturated heterocycles. The second kappa shape index (κ2) is 8.93. The Balaban J connectivity index is 1.58. The number of carbonyl (C=O) groups excluding carboxylic acids is 2. The van der Waals surface area contributed by atoms with Gasteiger partial charge in [0.05, 0.1) is 23.2 Å². The van der Waals surface area contributed by atoms with E-state index < -0.39 is 0 Å². The Kier molecular flexibility index (Phi) is 6.36. The molecule has 0 spiro atoms. The summed E-state index contributed by atoms with van der Waals surface area (Å²) in [7, 11) is 3.48. The zero-order valence-corrected chi connectivity index (χ0v) is 17.1. The number of anilines is 1. The van der Waals surface area contributed by atoms with Crippen molar-refractivity contribution in [2.45, 2.75) is 25.0 Å². The van der Waals surface area contributed by atoms with E-state index in [-0.39, 0.29) is 17.6 Å². The summed E-state index contributed by atoms with van der Waals surface area (Å²) in [4.78, 5) is 30.3. The molecule has 6 nitrogen and oxygen atoms in total. The maximum absolute atomic E-state index is 12.3. The summed E-state index contributed by atoms with van der Waals surface area (Å²) < 4.78 is 2.11. The van der Waals surface area contributed by atoms with Crippen LogP contribution in [0.1, 0.15) is 12.5 Å². The minimum atomic E-state index is -0.0863. The Hall–Kier alpha value is -2.80. The first kappa shape index (κ1) is 19.9. The molecule has 3 aromatic rings. The first-order valence-corrected chi connectivity index (χ1v) is 10.1. The number of likely N-dealkylation sites (N-methyl/N-ethyl adjacent to an activating group) is 1. The van der Waals surface area contributed by atoms with Gasteiger partial charge in [0.1, 0.15) is 0 Å². The van der Waals surface area contributed by atoms with Crippen molar-refractivity contribution in [1.82, 2.24) is 14.5 Å². The molecule has 0 aliphatic heterocycles. The Morgan fingerprint density at radius 2 is 1.82 bits per heavy atom. The van der Waals surface area contributed by atoms with Crippen LogP contribution in [0.3, 0.4) is 0 Å². The molecule has 0 atom stereocenters. The van der Waals surface area contributed by atoms with Crippen LogP contribution in [0.2, 0.25) is 0 Å². The molecule has 28 heavy (non-hydrogen) atoms. The minimum absolute atomic E-state index is 0.0481. The number of amides is 2. The first-order chi connectivity index (χ1) is 13.5. The third kappa shape index (κ3) is 4.72. The van der Waals surface area contributed by atoms with Crippen LogP contribution in [0.15, 0.2) is 53.7 Å². The van der Waals surface area contributed by atoms with Gasteiger partial charge < -0.3 is 14.8 Å². The molecule has 0 saturated carbocycles. The predicted octanol–water partition coefficient (Wildman–Crippen LogP) is 3.42. The van der Waals surface area contributed by atoms with Gasteiger partial charge in [-0.1, -0.05) is 36.0 Å². The SMILES string of the molecule is CCn1c(SCC(=O)Nc2ccc(CC(=O)N(C)C)cc2)nc2ccccc21. The highest BCUT2D eigenvalue weighted by Gasteiger charge is 2.12. The summed E-state index contributed by atoms with van der Waals surface area (Å²) in [5.74, 6) is 0.244. The average Bonchev–Trinajstić information content (AvgIpc) is 3.05. The quantitative estimate of drug-likeness (QED) is 0.622. The number of thioether (sulfide) groups is 1. The Labute approximate surface area is 168 Å². The van der Waals surface area contributed by atoms with E-state index in [1.807, 2.05) is 48.5 Å². The molecule has 0 unspecified atom stereocenters. The van der Waals surface area contributed by atoms with Gasteiger partial charge in [-0.15, -0.1) is 0 Å². The van der Waals surface area contributed by atoms with Crippen molar-refractivity contribution in [3.8, 4) is 0 Å². The number of imidazole rings is 1. The lowest BCUT2D eigenvalue weighted by atomic mass is 10.1. The van der Waals surface area contributed by atoms with Gasteiger partial charge >= 0.3 is 0 Å². The van der Waals surface area contributed by atoms with Gasteiger partial charge in [0, 0.05) is 26.3 Å². The van der Waals surface area contributed by atoms with E-state index in [9.17, 15) is 9.59 Å². The average molecular weight is 397 g/mol. The van der Waals surface area contributed by atoms with Gasteiger partial charge in [-0.3, -0.25) is 9.59 Å². The maximum atomic E-state index is 12.3. The maximum Gasteiger partial charge on any atom is 0.234 e. The van der Waals surface area contributed by atoms with Gasteiger partial charge in [0.2, 0.25) is 11.8 Å². The van der Waals surface area contributed by atoms with Crippen molar-refractivity contribution in [3.63, 3.8) is 0 Å². The molecule has 3 rings (SSSR count). The Bertz CT molecular complexity index is 980. The molecule has 1 N–H and O–H groups in total. The fourth-order valence-corrected chi connectivity index (χ4v) is 3.71. The van der Waals surface area contributed by atoms with Gasteiger partial charge in [-0.05, 0) is 36.8 Å². The molecular formula is C21H24N4O2S. The lowest BCUT2D eigenvalue weighted by Crippen LogP contribution is -2.23. The van der Waals surface area contributed by atoms with Crippen LogP contribution >= 0.6 is 11.8 Å². The number of aryl methyl sites for hydroxylation is 1. The molecule has 1 aromatic heterocycles. The van der Waals surface area contributed by atoms with Crippen LogP contribution in [-0.2, 0) is 22.6 Å². The number of rotatable bonds is 7. The van der Waals surface area contributed by atoms with Crippen LogP contribution in [0.25, 0.3) is 11.0 Å². The van der Waals surface area contributed by atoms with E-state index >= 15 is 0 Å². The van der Waals surface area contributed by atoms with Crippen LogP contribution < -0.4 is 5.32 Å². The van der Waals surface area contributed by atoms with E-state index in [0.29, 0.717) is 6.42 Å². The summed E-state index contributed by atoms with van der Waals surface area (Å²) in [6, 6.07) is 15.3. The number of hydrogen-bond donors (Lipinski definition) is 1. The topological polar surface area (TPSA) is 67.2 Å². The molecule has 1 heterocycles. The number of hydrogen-bond acceptors (Lipinski definition) is 4. The lowest BCUT2D eigenvalue weighted by molar-refractivity contribution is -0.128. The zero-order valence-electron chi connectivity index (χ0n) is 16.3. The highest BCUT2D eigenvalue weighted by molar-refractivity contribution is 7.99. The molecular weight excluding hydrogens is 372 g/mol. The van der Waals surface area contributed by atoms with Gasteiger partial charge in [0.25, 0.3) is 0 Å². The summed E-state index contributed by atoms with van der Waals surface area (Å²) in [5, 5.41) is 3.74. The highest BCUT2D eigenvalue weighted by atomic mass is 32.2. The van der Waals surface area contributed by atoms with Crippen molar-refractivity contribution in [2.75, 3.05) is 25.2 Å². The summed E-state index contributed by atoms with van der Waals surface area (Å²) in [5.41, 5.74) is 3.66. The normalized spacial score (nSPS) is 10.8. The van der Waals surface area contributed by atoms with Crippen molar-refractivity contribution in [3.05, 3.63) is 54.1 Å². The van der Waals surface area contributed by atoms with Crippen LogP contribution in [0, 0.1) is 0 Å². The van der Waals surface area contributed by atoms with E-state index in [4.69, 9.17) is 0 Å². The summed E-state index contributed by atoms with van der Waals surface area (Å²) >= 11 is 1.43. The van der Waals surface area contributed by atoms with Crippen molar-refractivity contribution in [1.29, 1.82) is 0 Å². The minimum Gasteiger partial charge on any atom is -0.349 e. The number of fused-ring (bicyclic) bond motifs is 1. The van der Waals surface area contributed by atoms with Gasteiger partial charge in [-0.2, -0.15) is 0 Å². The molecule has 0 aliphatic carbocycles. The lowest BCUT2D eigenvalue weighted by Gasteiger charge is -2.10. The third-order valence-corrected chi connectivity index (χ3v) is 5.34. The largest absolute Gasteiger partial charge is 0.349 e. The molecule has 0 radical (unpaired) electrons. The third-order valence-electron chi connectivity index (χ3n) is 4.36. The highest BCUT2D eigenvalue weighted by Crippen LogP contribution is 2.24. The predicted molar refractivity (Wildman–Crippen MR) is 114 cm³/mol. The molecule has 7 heteroatoms. The van der Waals surface area contributed by atoms with E-state index in [1.54, 1.807) is 19.0 Å². The van der Waals surface area contributed by atoms with Crippen LogP contribution in [0.5, 0.6) is 0 Å². The van der Waals surface area contributed by atoms with Crippen molar-refractivity contribution in [2.24, 2.45) is 0 Å². The van der Waals surface area contributed by atoms with Crippen LogP contribution in [-0.4, -0.2) is 46.1 Å². The summed E-state index contributed by atoms with van der Waals surface area (Å²) in [6.07, 6.45) is 0.352. The number of aromatic nitrogens is 2. The number of nitrogens with one attached hydrogen (secondary N) is 1. The van der Waals surface area contributed by atoms with Gasteiger partial charge in [0.15, 0.2) is 5.16 Å². The molecule has 2 aromatic carbocycles. The molecule has 0 fully saturated rings. The van der Waals surface area contributed by atoms with E-state index in [0.717, 1.165) is 34.0 Å². The molecule has 146 valence electrons. The molecule has 0 bridgehead atoms. The van der Waals surface area contributed by atoms with E-state index in [2.05, 4.69) is 21.8 Å². The number of nitrogens with zero attached hydrogens (tertiary/aromatic N) is 3. The van der Waals surface area contributed by atoms with E-state index in [1.165, 1.54) is 11.8 Å². The standard InChI is InChI=1S/C21H24N4O2S/c1-4-25-18-8-6-5-7-17(18)23-21(25)28-14-19(26)22-16-11-9-15(10-12-16)13-20(27)24(2)3/h5-12H,4,13-14H2,1-3H3,(H,22,26). The fourth-order valence-electron chi connectivity index (χ4n) is 2.84. The Morgan fingerprint density at radius 3 is 2.50 bits per heavy atom. The number of benzene rings is 2. The zero-order chi connectivity index (χ0) is 20.1. The fraction of sp³-hybridized carbons (Fsp3) is 0.286. The molecule has 2 amide bonds. The van der Waals surface area contributed by atoms with Crippen molar-refractivity contribution >= 4 is 40.3 Å². The summed E-state index contributed by atoms with van der Waals surface area (Å²) in [6.45, 7) is 2.87. The number of para-hydroxylation sites is 2. The number of carbonyl (C=O) groups is 2. The van der Waals surface area contributed by atoms with Crippen molar-refractivity contribution < 1.29 is 9.59 Å².